The second-order valence-electron chi connectivity index (χ2n) is 7.30. The molecule has 2 rings (SSSR count). The third kappa shape index (κ3) is 3.98. The first-order chi connectivity index (χ1) is 11.1. The van der Waals surface area contributed by atoms with Crippen LogP contribution in [0.5, 0.6) is 0 Å². The Hall–Kier alpha value is -1.40. The fraction of sp³-hybridized carbons (Fsp3) is 0.611. The minimum atomic E-state index is -0.638. The van der Waals surface area contributed by atoms with E-state index in [2.05, 4.69) is 0 Å². The molecule has 24 heavy (non-hydrogen) atoms. The van der Waals surface area contributed by atoms with Crippen molar-refractivity contribution in [3.63, 3.8) is 0 Å². The molecule has 0 amide bonds. The number of carbonyl (C=O) groups excluding carboxylic acids is 1. The van der Waals surface area contributed by atoms with Gasteiger partial charge in [0.2, 0.25) is 0 Å². The SMILES string of the molecule is CCOC(=O)CC(B1OC(C)(C)C(C)(C)O1)c1cc(C)cc(F)c1. The van der Waals surface area contributed by atoms with Gasteiger partial charge in [-0.1, -0.05) is 6.07 Å². The zero-order chi connectivity index (χ0) is 18.1. The second kappa shape index (κ2) is 6.85. The highest BCUT2D eigenvalue weighted by Crippen LogP contribution is 2.42. The minimum Gasteiger partial charge on any atom is -0.466 e. The summed E-state index contributed by atoms with van der Waals surface area (Å²) >= 11 is 0. The maximum Gasteiger partial charge on any atom is 0.466 e. The Morgan fingerprint density at radius 3 is 2.29 bits per heavy atom. The summed E-state index contributed by atoms with van der Waals surface area (Å²) in [6.07, 6.45) is 0.0769. The van der Waals surface area contributed by atoms with Crippen molar-refractivity contribution >= 4 is 13.1 Å². The van der Waals surface area contributed by atoms with Gasteiger partial charge in [-0.25, -0.2) is 4.39 Å². The number of rotatable bonds is 5. The first kappa shape index (κ1) is 18.9. The number of hydrogen-bond acceptors (Lipinski definition) is 4. The van der Waals surface area contributed by atoms with Crippen molar-refractivity contribution in [3.8, 4) is 0 Å². The Kier molecular flexibility index (Phi) is 5.40. The molecule has 0 aliphatic carbocycles. The van der Waals surface area contributed by atoms with Crippen molar-refractivity contribution in [1.29, 1.82) is 0 Å². The zero-order valence-corrected chi connectivity index (χ0v) is 15.3. The number of aryl methyl sites for hydroxylation is 1. The van der Waals surface area contributed by atoms with E-state index in [1.807, 2.05) is 40.7 Å². The van der Waals surface area contributed by atoms with Crippen LogP contribution in [-0.4, -0.2) is 30.9 Å². The van der Waals surface area contributed by atoms with Crippen LogP contribution in [0.4, 0.5) is 4.39 Å². The lowest BCUT2D eigenvalue weighted by atomic mass is 9.66. The normalized spacial score (nSPS) is 20.0. The molecule has 1 aromatic rings. The largest absolute Gasteiger partial charge is 0.466 e. The molecule has 1 atom stereocenters. The molecule has 0 aromatic heterocycles. The van der Waals surface area contributed by atoms with Crippen molar-refractivity contribution in [3.05, 3.63) is 35.1 Å². The van der Waals surface area contributed by atoms with Gasteiger partial charge in [0.15, 0.2) is 0 Å². The van der Waals surface area contributed by atoms with Gasteiger partial charge in [-0.05, 0) is 64.8 Å². The fourth-order valence-corrected chi connectivity index (χ4v) is 2.80. The number of esters is 1. The molecule has 4 nitrogen and oxygen atoms in total. The molecule has 6 heteroatoms. The van der Waals surface area contributed by atoms with Gasteiger partial charge < -0.3 is 14.0 Å². The predicted octanol–water partition coefficient (Wildman–Crippen LogP) is 3.80. The Bertz CT molecular complexity index is 579. The number of halogens is 1. The summed E-state index contributed by atoms with van der Waals surface area (Å²) in [4.78, 5) is 12.0. The lowest BCUT2D eigenvalue weighted by Crippen LogP contribution is -2.41. The molecule has 0 N–H and O–H groups in total. The summed E-state index contributed by atoms with van der Waals surface area (Å²) in [5.41, 5.74) is 0.425. The number of ether oxygens (including phenoxy) is 1. The standard InChI is InChI=1S/C18H26BFO4/c1-7-22-16(21)11-15(13-8-12(2)9-14(20)10-13)19-23-17(3,4)18(5,6)24-19/h8-10,15H,7,11H2,1-6H3. The molecule has 1 aliphatic rings. The molecule has 1 heterocycles. The predicted molar refractivity (Wildman–Crippen MR) is 91.2 cm³/mol. The van der Waals surface area contributed by atoms with Gasteiger partial charge in [0.1, 0.15) is 5.82 Å². The van der Waals surface area contributed by atoms with Crippen LogP contribution in [-0.2, 0) is 18.8 Å². The average Bonchev–Trinajstić information content (AvgIpc) is 2.63. The molecule has 1 fully saturated rings. The highest BCUT2D eigenvalue weighted by atomic mass is 19.1. The van der Waals surface area contributed by atoms with E-state index >= 15 is 0 Å². The van der Waals surface area contributed by atoms with Crippen LogP contribution in [0.25, 0.3) is 0 Å². The van der Waals surface area contributed by atoms with Crippen LogP contribution in [0.15, 0.2) is 18.2 Å². The van der Waals surface area contributed by atoms with Gasteiger partial charge in [-0.3, -0.25) is 4.79 Å². The van der Waals surface area contributed by atoms with E-state index in [1.54, 1.807) is 6.92 Å². The first-order valence-electron chi connectivity index (χ1n) is 8.34. The van der Waals surface area contributed by atoms with E-state index in [4.69, 9.17) is 14.0 Å². The smallest absolute Gasteiger partial charge is 0.466 e. The van der Waals surface area contributed by atoms with E-state index in [0.29, 0.717) is 12.2 Å². The highest BCUT2D eigenvalue weighted by Gasteiger charge is 2.54. The maximum atomic E-state index is 13.9. The summed E-state index contributed by atoms with van der Waals surface area (Å²) in [7, 11) is -0.638. The summed E-state index contributed by atoms with van der Waals surface area (Å²) in [6, 6.07) is 4.75. The first-order valence-corrected chi connectivity index (χ1v) is 8.34. The maximum absolute atomic E-state index is 13.9. The van der Waals surface area contributed by atoms with Crippen molar-refractivity contribution in [2.24, 2.45) is 0 Å². The molecule has 1 aromatic carbocycles. The fourth-order valence-electron chi connectivity index (χ4n) is 2.80. The van der Waals surface area contributed by atoms with Crippen LogP contribution in [0, 0.1) is 12.7 Å². The molecule has 132 valence electrons. The minimum absolute atomic E-state index is 0.0769. The average molecular weight is 336 g/mol. The lowest BCUT2D eigenvalue weighted by molar-refractivity contribution is -0.143. The van der Waals surface area contributed by atoms with Crippen LogP contribution >= 0.6 is 0 Å². The van der Waals surface area contributed by atoms with Gasteiger partial charge in [0.25, 0.3) is 0 Å². The monoisotopic (exact) mass is 336 g/mol. The number of hydrogen-bond donors (Lipinski definition) is 0. The summed E-state index contributed by atoms with van der Waals surface area (Å²) < 4.78 is 31.1. The molecule has 1 unspecified atom stereocenters. The van der Waals surface area contributed by atoms with Crippen molar-refractivity contribution in [1.82, 2.24) is 0 Å². The molecule has 1 saturated heterocycles. The summed E-state index contributed by atoms with van der Waals surface area (Å²) in [6.45, 7) is 11.7. The van der Waals surface area contributed by atoms with Crippen molar-refractivity contribution in [2.75, 3.05) is 6.61 Å². The van der Waals surface area contributed by atoms with E-state index in [0.717, 1.165) is 5.56 Å². The molecule has 0 spiro atoms. The summed E-state index contributed by atoms with van der Waals surface area (Å²) in [5.74, 6) is -1.12. The highest BCUT2D eigenvalue weighted by molar-refractivity contribution is 6.48. The lowest BCUT2D eigenvalue weighted by Gasteiger charge is -2.32. The Morgan fingerprint density at radius 1 is 1.21 bits per heavy atom. The van der Waals surface area contributed by atoms with Crippen molar-refractivity contribution < 1.29 is 23.2 Å². The van der Waals surface area contributed by atoms with Gasteiger partial charge in [0.05, 0.1) is 24.2 Å². The molecular formula is C18H26BFO4. The Balaban J connectivity index is 2.35. The summed E-state index contributed by atoms with van der Waals surface area (Å²) in [5, 5.41) is 0. The third-order valence-electron chi connectivity index (χ3n) is 4.78. The van der Waals surface area contributed by atoms with Crippen LogP contribution < -0.4 is 0 Å². The Morgan fingerprint density at radius 2 is 1.79 bits per heavy atom. The van der Waals surface area contributed by atoms with E-state index < -0.39 is 24.1 Å². The molecule has 1 aliphatic heterocycles. The van der Waals surface area contributed by atoms with Crippen molar-refractivity contribution in [2.45, 2.75) is 65.0 Å². The van der Waals surface area contributed by atoms with Gasteiger partial charge >= 0.3 is 13.1 Å². The van der Waals surface area contributed by atoms with E-state index in [1.165, 1.54) is 12.1 Å². The van der Waals surface area contributed by atoms with Crippen LogP contribution in [0.3, 0.4) is 0 Å². The van der Waals surface area contributed by atoms with Gasteiger partial charge in [-0.2, -0.15) is 0 Å². The molecular weight excluding hydrogens is 310 g/mol. The second-order valence-corrected chi connectivity index (χ2v) is 7.30. The van der Waals surface area contributed by atoms with E-state index in [9.17, 15) is 9.18 Å². The number of carbonyl (C=O) groups is 1. The molecule has 0 radical (unpaired) electrons. The van der Waals surface area contributed by atoms with Gasteiger partial charge in [0, 0.05) is 5.82 Å². The number of benzene rings is 1. The topological polar surface area (TPSA) is 44.8 Å². The van der Waals surface area contributed by atoms with Crippen LogP contribution in [0.2, 0.25) is 0 Å². The molecule has 0 bridgehead atoms. The zero-order valence-electron chi connectivity index (χ0n) is 15.3. The van der Waals surface area contributed by atoms with E-state index in [-0.39, 0.29) is 18.2 Å². The third-order valence-corrected chi connectivity index (χ3v) is 4.78. The van der Waals surface area contributed by atoms with Gasteiger partial charge in [-0.15, -0.1) is 0 Å². The van der Waals surface area contributed by atoms with Crippen LogP contribution in [0.1, 0.15) is 58.0 Å². The molecule has 0 saturated carbocycles. The quantitative estimate of drug-likeness (QED) is 0.606. The Labute approximate surface area is 143 Å².